The topological polar surface area (TPSA) is 75.4 Å². The Labute approximate surface area is 103 Å². The maximum atomic E-state index is 11.8. The molecule has 0 bridgehead atoms. The van der Waals surface area contributed by atoms with Crippen molar-refractivity contribution in [2.24, 2.45) is 0 Å². The van der Waals surface area contributed by atoms with Crippen LogP contribution in [0.2, 0.25) is 0 Å². The molecule has 0 aliphatic rings. The van der Waals surface area contributed by atoms with Crippen LogP contribution in [-0.2, 0) is 0 Å². The molecule has 4 N–H and O–H groups in total. The normalized spacial score (nSPS) is 10.2. The summed E-state index contributed by atoms with van der Waals surface area (Å²) in [6.45, 7) is 2.34. The lowest BCUT2D eigenvalue weighted by molar-refractivity contribution is 0.0950. The quantitative estimate of drug-likeness (QED) is 0.579. The van der Waals surface area contributed by atoms with Gasteiger partial charge >= 0.3 is 0 Å². The number of benzene rings is 1. The molecule has 16 heavy (non-hydrogen) atoms. The summed E-state index contributed by atoms with van der Waals surface area (Å²) in [4.78, 5) is 11.8. The van der Waals surface area contributed by atoms with E-state index in [1.165, 1.54) is 0 Å². The van der Waals surface area contributed by atoms with Crippen molar-refractivity contribution in [3.8, 4) is 0 Å². The van der Waals surface area contributed by atoms with Crippen LogP contribution >= 0.6 is 15.9 Å². The average Bonchev–Trinajstić information content (AvgIpc) is 2.23. The van der Waals surface area contributed by atoms with Gasteiger partial charge < -0.3 is 16.2 Å². The number of aliphatic hydroxyl groups is 1. The smallest absolute Gasteiger partial charge is 0.251 e. The number of hydrogen-bond donors (Lipinski definition) is 3. The summed E-state index contributed by atoms with van der Waals surface area (Å²) < 4.78 is 0.780. The van der Waals surface area contributed by atoms with Gasteiger partial charge in [0, 0.05) is 28.9 Å². The Kier molecular flexibility index (Phi) is 4.76. The zero-order valence-corrected chi connectivity index (χ0v) is 10.7. The fraction of sp³-hybridized carbons (Fsp3) is 0.364. The Bertz CT molecular complexity index is 394. The van der Waals surface area contributed by atoms with Gasteiger partial charge in [0.15, 0.2) is 0 Å². The molecule has 0 atom stereocenters. The summed E-state index contributed by atoms with van der Waals surface area (Å²) >= 11 is 3.30. The fourth-order valence-electron chi connectivity index (χ4n) is 1.31. The molecular formula is C11H15BrN2O2. The summed E-state index contributed by atoms with van der Waals surface area (Å²) in [6.07, 6.45) is 0.550. The molecule has 0 radical (unpaired) electrons. The lowest BCUT2D eigenvalue weighted by Crippen LogP contribution is -2.26. The van der Waals surface area contributed by atoms with E-state index in [0.29, 0.717) is 24.2 Å². The summed E-state index contributed by atoms with van der Waals surface area (Å²) in [7, 11) is 0. The first-order chi connectivity index (χ1) is 7.56. The zero-order valence-electron chi connectivity index (χ0n) is 9.09. The number of anilines is 1. The molecule has 5 heteroatoms. The fourth-order valence-corrected chi connectivity index (χ4v) is 1.79. The number of carbonyl (C=O) groups is 1. The van der Waals surface area contributed by atoms with E-state index in [2.05, 4.69) is 21.2 Å². The maximum Gasteiger partial charge on any atom is 0.251 e. The second-order valence-corrected chi connectivity index (χ2v) is 4.42. The van der Waals surface area contributed by atoms with E-state index in [9.17, 15) is 4.79 Å². The third kappa shape index (κ3) is 3.21. The number of aliphatic hydroxyl groups excluding tert-OH is 1. The number of nitrogen functional groups attached to an aromatic ring is 1. The van der Waals surface area contributed by atoms with E-state index in [0.717, 1.165) is 10.0 Å². The number of amides is 1. The molecule has 1 aromatic rings. The van der Waals surface area contributed by atoms with E-state index >= 15 is 0 Å². The molecule has 0 saturated heterocycles. The lowest BCUT2D eigenvalue weighted by atomic mass is 10.1. The Balaban J connectivity index is 2.82. The van der Waals surface area contributed by atoms with Gasteiger partial charge in [-0.25, -0.2) is 0 Å². The summed E-state index contributed by atoms with van der Waals surface area (Å²) in [5, 5.41) is 11.3. The van der Waals surface area contributed by atoms with E-state index in [1.807, 2.05) is 6.92 Å². The van der Waals surface area contributed by atoms with Crippen LogP contribution < -0.4 is 11.1 Å². The first kappa shape index (κ1) is 13.0. The predicted octanol–water partition coefficient (Wildman–Crippen LogP) is 1.45. The van der Waals surface area contributed by atoms with Crippen LogP contribution in [0.1, 0.15) is 22.3 Å². The van der Waals surface area contributed by atoms with Gasteiger partial charge in [-0.05, 0) is 31.0 Å². The van der Waals surface area contributed by atoms with Crippen LogP contribution in [0.3, 0.4) is 0 Å². The summed E-state index contributed by atoms with van der Waals surface area (Å²) in [5.74, 6) is -0.168. The van der Waals surface area contributed by atoms with Gasteiger partial charge in [-0.2, -0.15) is 0 Å². The molecule has 0 unspecified atom stereocenters. The molecule has 0 saturated carbocycles. The number of nitrogens with one attached hydrogen (secondary N) is 1. The molecule has 1 rings (SSSR count). The minimum Gasteiger partial charge on any atom is -0.398 e. The molecule has 0 fully saturated rings. The molecule has 88 valence electrons. The van der Waals surface area contributed by atoms with Crippen molar-refractivity contribution in [3.63, 3.8) is 0 Å². The van der Waals surface area contributed by atoms with E-state index in [4.69, 9.17) is 10.8 Å². The second kappa shape index (κ2) is 5.86. The first-order valence-corrected chi connectivity index (χ1v) is 5.80. The average molecular weight is 287 g/mol. The zero-order chi connectivity index (χ0) is 12.1. The Hall–Kier alpha value is -1.07. The van der Waals surface area contributed by atoms with Crippen molar-refractivity contribution in [1.29, 1.82) is 0 Å². The molecule has 0 aliphatic heterocycles. The number of halogens is 1. The highest BCUT2D eigenvalue weighted by atomic mass is 79.9. The SMILES string of the molecule is Cc1c(N)cc(Br)cc1C(=O)NCCCO. The summed E-state index contributed by atoms with van der Waals surface area (Å²) in [5.41, 5.74) is 7.68. The van der Waals surface area contributed by atoms with E-state index < -0.39 is 0 Å². The predicted molar refractivity (Wildman–Crippen MR) is 67.3 cm³/mol. The standard InChI is InChI=1S/C11H15BrN2O2/c1-7-9(5-8(12)6-10(7)13)11(16)14-3-2-4-15/h5-6,15H,2-4,13H2,1H3,(H,14,16). The maximum absolute atomic E-state index is 11.8. The highest BCUT2D eigenvalue weighted by Gasteiger charge is 2.11. The Morgan fingerprint density at radius 2 is 2.25 bits per heavy atom. The van der Waals surface area contributed by atoms with E-state index in [1.54, 1.807) is 12.1 Å². The second-order valence-electron chi connectivity index (χ2n) is 3.50. The summed E-state index contributed by atoms with van der Waals surface area (Å²) in [6, 6.07) is 3.50. The molecular weight excluding hydrogens is 272 g/mol. The van der Waals surface area contributed by atoms with E-state index in [-0.39, 0.29) is 12.5 Å². The largest absolute Gasteiger partial charge is 0.398 e. The van der Waals surface area contributed by atoms with Gasteiger partial charge in [0.25, 0.3) is 5.91 Å². The number of hydrogen-bond acceptors (Lipinski definition) is 3. The number of rotatable bonds is 4. The number of nitrogens with two attached hydrogens (primary N) is 1. The minimum absolute atomic E-state index is 0.0693. The van der Waals surface area contributed by atoms with Gasteiger partial charge in [-0.3, -0.25) is 4.79 Å². The van der Waals surface area contributed by atoms with Gasteiger partial charge in [0.2, 0.25) is 0 Å². The third-order valence-corrected chi connectivity index (χ3v) is 2.74. The van der Waals surface area contributed by atoms with Crippen LogP contribution in [0.15, 0.2) is 16.6 Å². The first-order valence-electron chi connectivity index (χ1n) is 5.01. The van der Waals surface area contributed by atoms with Crippen molar-refractivity contribution < 1.29 is 9.90 Å². The molecule has 4 nitrogen and oxygen atoms in total. The van der Waals surface area contributed by atoms with Crippen molar-refractivity contribution in [2.75, 3.05) is 18.9 Å². The lowest BCUT2D eigenvalue weighted by Gasteiger charge is -2.09. The highest BCUT2D eigenvalue weighted by molar-refractivity contribution is 9.10. The van der Waals surface area contributed by atoms with Gasteiger partial charge in [-0.1, -0.05) is 15.9 Å². The molecule has 1 aromatic carbocycles. The molecule has 1 amide bonds. The van der Waals surface area contributed by atoms with Crippen LogP contribution in [0.5, 0.6) is 0 Å². The molecule has 0 heterocycles. The van der Waals surface area contributed by atoms with Crippen LogP contribution in [0, 0.1) is 6.92 Å². The van der Waals surface area contributed by atoms with Crippen molar-refractivity contribution in [2.45, 2.75) is 13.3 Å². The molecule has 0 spiro atoms. The highest BCUT2D eigenvalue weighted by Crippen LogP contribution is 2.22. The van der Waals surface area contributed by atoms with Gasteiger partial charge in [-0.15, -0.1) is 0 Å². The van der Waals surface area contributed by atoms with Crippen molar-refractivity contribution in [3.05, 3.63) is 27.7 Å². The van der Waals surface area contributed by atoms with Crippen LogP contribution in [0.4, 0.5) is 5.69 Å². The monoisotopic (exact) mass is 286 g/mol. The Morgan fingerprint density at radius 1 is 1.56 bits per heavy atom. The van der Waals surface area contributed by atoms with Crippen molar-refractivity contribution in [1.82, 2.24) is 5.32 Å². The van der Waals surface area contributed by atoms with Gasteiger partial charge in [0.1, 0.15) is 0 Å². The molecule has 0 aliphatic carbocycles. The van der Waals surface area contributed by atoms with Crippen LogP contribution in [0.25, 0.3) is 0 Å². The van der Waals surface area contributed by atoms with Gasteiger partial charge in [0.05, 0.1) is 0 Å². The Morgan fingerprint density at radius 3 is 2.88 bits per heavy atom. The number of carbonyl (C=O) groups excluding carboxylic acids is 1. The third-order valence-electron chi connectivity index (χ3n) is 2.28. The van der Waals surface area contributed by atoms with Crippen LogP contribution in [-0.4, -0.2) is 24.2 Å². The molecule has 0 aromatic heterocycles. The van der Waals surface area contributed by atoms with Crippen molar-refractivity contribution >= 4 is 27.5 Å². The minimum atomic E-state index is -0.168.